The Morgan fingerprint density at radius 3 is 2.71 bits per heavy atom. The summed E-state index contributed by atoms with van der Waals surface area (Å²) in [5.74, 6) is -0.203. The Morgan fingerprint density at radius 1 is 1.43 bits per heavy atom. The van der Waals surface area contributed by atoms with Gasteiger partial charge in [-0.3, -0.25) is 4.90 Å². The van der Waals surface area contributed by atoms with E-state index in [1.807, 2.05) is 31.2 Å². The first-order valence-corrected chi connectivity index (χ1v) is 7.03. The van der Waals surface area contributed by atoms with Gasteiger partial charge in [0.25, 0.3) is 0 Å². The van der Waals surface area contributed by atoms with Crippen molar-refractivity contribution in [2.75, 3.05) is 26.2 Å². The molecule has 21 heavy (non-hydrogen) atoms. The Bertz CT molecular complexity index is 508. The van der Waals surface area contributed by atoms with E-state index < -0.39 is 11.6 Å². The molecule has 0 saturated carbocycles. The lowest BCUT2D eigenvalue weighted by Gasteiger charge is -2.18. The highest BCUT2D eigenvalue weighted by molar-refractivity contribution is 5.85. The Balaban J connectivity index is 1.75. The normalized spacial score (nSPS) is 22.8. The summed E-state index contributed by atoms with van der Waals surface area (Å²) in [6, 6.07) is 7.27. The Kier molecular flexibility index (Phi) is 4.98. The summed E-state index contributed by atoms with van der Waals surface area (Å²) in [5, 5.41) is 18.4. The fourth-order valence-corrected chi connectivity index (χ4v) is 2.36. The molecular weight excluding hydrogens is 270 g/mol. The van der Waals surface area contributed by atoms with Gasteiger partial charge in [0.2, 0.25) is 0 Å². The van der Waals surface area contributed by atoms with Crippen molar-refractivity contribution >= 4 is 12.0 Å². The molecule has 0 aliphatic carbocycles. The van der Waals surface area contributed by atoms with Crippen LogP contribution in [0.4, 0.5) is 0 Å². The molecular formula is C16H21NO4. The third kappa shape index (κ3) is 5.21. The molecule has 1 aliphatic heterocycles. The third-order valence-corrected chi connectivity index (χ3v) is 3.51. The first-order chi connectivity index (χ1) is 9.94. The quantitative estimate of drug-likeness (QED) is 0.779. The van der Waals surface area contributed by atoms with Gasteiger partial charge in [-0.2, -0.15) is 0 Å². The van der Waals surface area contributed by atoms with Crippen LogP contribution in [0.25, 0.3) is 6.08 Å². The lowest BCUT2D eigenvalue weighted by Crippen LogP contribution is -2.32. The second-order valence-electron chi connectivity index (χ2n) is 5.61. The van der Waals surface area contributed by atoms with Crippen LogP contribution in [0.2, 0.25) is 0 Å². The van der Waals surface area contributed by atoms with E-state index in [1.165, 1.54) is 0 Å². The van der Waals surface area contributed by atoms with E-state index in [9.17, 15) is 9.90 Å². The molecule has 0 aromatic heterocycles. The molecule has 2 rings (SSSR count). The molecule has 1 unspecified atom stereocenters. The summed E-state index contributed by atoms with van der Waals surface area (Å²) in [7, 11) is 0. The molecule has 2 N–H and O–H groups in total. The zero-order valence-corrected chi connectivity index (χ0v) is 12.2. The minimum Gasteiger partial charge on any atom is -0.492 e. The van der Waals surface area contributed by atoms with Crippen LogP contribution in [0.1, 0.15) is 18.9 Å². The van der Waals surface area contributed by atoms with Crippen LogP contribution >= 0.6 is 0 Å². The number of carboxylic acid groups (broad SMARTS) is 1. The molecule has 0 spiro atoms. The van der Waals surface area contributed by atoms with Gasteiger partial charge in [-0.1, -0.05) is 12.1 Å². The third-order valence-electron chi connectivity index (χ3n) is 3.51. The maximum Gasteiger partial charge on any atom is 0.328 e. The van der Waals surface area contributed by atoms with Crippen molar-refractivity contribution in [2.24, 2.45) is 0 Å². The average Bonchev–Trinajstić information content (AvgIpc) is 2.77. The number of β-amino-alcohol motifs (C(OH)–C–C–N with tert-alkyl or cyclic N) is 1. The molecule has 0 bridgehead atoms. The highest BCUT2D eigenvalue weighted by Gasteiger charge is 2.30. The number of rotatable bonds is 6. The molecule has 1 fully saturated rings. The summed E-state index contributed by atoms with van der Waals surface area (Å²) in [5.41, 5.74) is 0.248. The first-order valence-electron chi connectivity index (χ1n) is 7.03. The van der Waals surface area contributed by atoms with Crippen LogP contribution in [0.5, 0.6) is 5.75 Å². The van der Waals surface area contributed by atoms with Gasteiger partial charge in [-0.05, 0) is 37.1 Å². The van der Waals surface area contributed by atoms with E-state index in [0.717, 1.165) is 36.9 Å². The van der Waals surface area contributed by atoms with Gasteiger partial charge in [0, 0.05) is 25.7 Å². The van der Waals surface area contributed by atoms with Gasteiger partial charge in [-0.25, -0.2) is 4.79 Å². The maximum absolute atomic E-state index is 10.4. The summed E-state index contributed by atoms with van der Waals surface area (Å²) in [6.45, 7) is 4.80. The number of hydrogen-bond donors (Lipinski definition) is 2. The van der Waals surface area contributed by atoms with E-state index in [-0.39, 0.29) is 0 Å². The number of carboxylic acids is 1. The Hall–Kier alpha value is -1.85. The largest absolute Gasteiger partial charge is 0.492 e. The second-order valence-corrected chi connectivity index (χ2v) is 5.61. The SMILES string of the molecule is CC1(O)CCN(CCOc2ccc(/C=C/C(=O)O)cc2)C1. The minimum absolute atomic E-state index is 0.570. The van der Waals surface area contributed by atoms with Crippen LogP contribution in [0.15, 0.2) is 30.3 Å². The topological polar surface area (TPSA) is 70.0 Å². The zero-order chi connectivity index (χ0) is 15.3. The number of benzene rings is 1. The van der Waals surface area contributed by atoms with Crippen molar-refractivity contribution in [3.8, 4) is 5.75 Å². The average molecular weight is 291 g/mol. The molecule has 1 heterocycles. The predicted molar refractivity (Wildman–Crippen MR) is 80.3 cm³/mol. The smallest absolute Gasteiger partial charge is 0.328 e. The minimum atomic E-state index is -0.961. The second kappa shape index (κ2) is 6.74. The number of hydrogen-bond acceptors (Lipinski definition) is 4. The number of aliphatic carboxylic acids is 1. The zero-order valence-electron chi connectivity index (χ0n) is 12.2. The molecule has 1 aromatic carbocycles. The fourth-order valence-electron chi connectivity index (χ4n) is 2.36. The van der Waals surface area contributed by atoms with Crippen molar-refractivity contribution in [1.82, 2.24) is 4.90 Å². The van der Waals surface area contributed by atoms with Gasteiger partial charge < -0.3 is 14.9 Å². The standard InChI is InChI=1S/C16H21NO4/c1-16(20)8-9-17(12-16)10-11-21-14-5-2-13(3-6-14)4-7-15(18)19/h2-7,20H,8-12H2,1H3,(H,18,19)/b7-4+. The van der Waals surface area contributed by atoms with E-state index in [0.29, 0.717) is 13.2 Å². The fraction of sp³-hybridized carbons (Fsp3) is 0.438. The van der Waals surface area contributed by atoms with E-state index in [2.05, 4.69) is 4.90 Å². The summed E-state index contributed by atoms with van der Waals surface area (Å²) < 4.78 is 5.65. The predicted octanol–water partition coefficient (Wildman–Crippen LogP) is 1.62. The van der Waals surface area contributed by atoms with Crippen LogP contribution in [-0.4, -0.2) is 52.9 Å². The molecule has 1 atom stereocenters. The van der Waals surface area contributed by atoms with Crippen LogP contribution < -0.4 is 4.74 Å². The number of ether oxygens (including phenoxy) is 1. The van der Waals surface area contributed by atoms with Crippen LogP contribution in [0, 0.1) is 0 Å². The molecule has 114 valence electrons. The van der Waals surface area contributed by atoms with Crippen molar-refractivity contribution in [2.45, 2.75) is 18.9 Å². The summed E-state index contributed by atoms with van der Waals surface area (Å²) >= 11 is 0. The van der Waals surface area contributed by atoms with Crippen molar-refractivity contribution in [3.63, 3.8) is 0 Å². The number of aliphatic hydroxyl groups is 1. The summed E-state index contributed by atoms with van der Waals surface area (Å²) in [6.07, 6.45) is 3.45. The lowest BCUT2D eigenvalue weighted by atomic mass is 10.1. The van der Waals surface area contributed by atoms with Gasteiger partial charge >= 0.3 is 5.97 Å². The van der Waals surface area contributed by atoms with Crippen molar-refractivity contribution < 1.29 is 19.7 Å². The lowest BCUT2D eigenvalue weighted by molar-refractivity contribution is -0.131. The van der Waals surface area contributed by atoms with Crippen LogP contribution in [0.3, 0.4) is 0 Å². The highest BCUT2D eigenvalue weighted by atomic mass is 16.5. The van der Waals surface area contributed by atoms with E-state index in [4.69, 9.17) is 9.84 Å². The monoisotopic (exact) mass is 291 g/mol. The van der Waals surface area contributed by atoms with Gasteiger partial charge in [-0.15, -0.1) is 0 Å². The van der Waals surface area contributed by atoms with Crippen molar-refractivity contribution in [3.05, 3.63) is 35.9 Å². The molecule has 1 aliphatic rings. The molecule has 1 saturated heterocycles. The molecule has 0 radical (unpaired) electrons. The van der Waals surface area contributed by atoms with Gasteiger partial charge in [0.15, 0.2) is 0 Å². The molecule has 5 heteroatoms. The molecule has 0 amide bonds. The van der Waals surface area contributed by atoms with Crippen LogP contribution in [-0.2, 0) is 4.79 Å². The Labute approximate surface area is 124 Å². The highest BCUT2D eigenvalue weighted by Crippen LogP contribution is 2.20. The molecule has 1 aromatic rings. The van der Waals surface area contributed by atoms with Gasteiger partial charge in [0.1, 0.15) is 12.4 Å². The maximum atomic E-state index is 10.4. The number of likely N-dealkylation sites (tertiary alicyclic amines) is 1. The van der Waals surface area contributed by atoms with E-state index >= 15 is 0 Å². The number of carbonyl (C=O) groups is 1. The van der Waals surface area contributed by atoms with E-state index in [1.54, 1.807) is 6.08 Å². The van der Waals surface area contributed by atoms with Crippen molar-refractivity contribution in [1.29, 1.82) is 0 Å². The van der Waals surface area contributed by atoms with Gasteiger partial charge in [0.05, 0.1) is 5.60 Å². The molecule has 5 nitrogen and oxygen atoms in total. The number of nitrogens with zero attached hydrogens (tertiary/aromatic N) is 1. The summed E-state index contributed by atoms with van der Waals surface area (Å²) in [4.78, 5) is 12.6. The Morgan fingerprint density at radius 2 is 2.14 bits per heavy atom. The first kappa shape index (κ1) is 15.5.